The number of hydrogen-bond acceptors (Lipinski definition) is 2. The van der Waals surface area contributed by atoms with Crippen LogP contribution in [-0.4, -0.2) is 26.3 Å². The van der Waals surface area contributed by atoms with Crippen LogP contribution in [-0.2, 0) is 11.2 Å². The Bertz CT molecular complexity index is 373. The summed E-state index contributed by atoms with van der Waals surface area (Å²) in [5.74, 6) is -0.342. The molecule has 0 aliphatic rings. The van der Waals surface area contributed by atoms with E-state index in [4.69, 9.17) is 16.3 Å². The van der Waals surface area contributed by atoms with E-state index in [9.17, 15) is 4.39 Å². The van der Waals surface area contributed by atoms with Crippen molar-refractivity contribution in [2.75, 3.05) is 20.3 Å². The van der Waals surface area contributed by atoms with Crippen LogP contribution < -0.4 is 5.32 Å². The van der Waals surface area contributed by atoms with Gasteiger partial charge in [0.1, 0.15) is 5.82 Å². The topological polar surface area (TPSA) is 21.3 Å². The van der Waals surface area contributed by atoms with Crippen molar-refractivity contribution < 1.29 is 9.13 Å². The Morgan fingerprint density at radius 3 is 2.84 bits per heavy atom. The van der Waals surface area contributed by atoms with Gasteiger partial charge in [-0.3, -0.25) is 0 Å². The summed E-state index contributed by atoms with van der Waals surface area (Å²) in [5, 5.41) is 3.68. The Morgan fingerprint density at radius 2 is 2.21 bits per heavy atom. The lowest BCUT2D eigenvalue weighted by Gasteiger charge is -2.18. The monoisotopic (exact) mass is 287 g/mol. The first-order valence-corrected chi connectivity index (χ1v) is 7.21. The Kier molecular flexibility index (Phi) is 8.03. The van der Waals surface area contributed by atoms with Gasteiger partial charge < -0.3 is 10.1 Å². The third-order valence-corrected chi connectivity index (χ3v) is 3.36. The molecule has 2 nitrogen and oxygen atoms in total. The third-order valence-electron chi connectivity index (χ3n) is 3.05. The molecule has 0 saturated carbocycles. The molecule has 0 amide bonds. The molecule has 1 unspecified atom stereocenters. The van der Waals surface area contributed by atoms with Crippen LogP contribution in [0.3, 0.4) is 0 Å². The molecule has 0 aliphatic carbocycles. The van der Waals surface area contributed by atoms with E-state index in [1.165, 1.54) is 6.07 Å². The number of benzene rings is 1. The van der Waals surface area contributed by atoms with Gasteiger partial charge in [0, 0.05) is 19.8 Å². The zero-order valence-electron chi connectivity index (χ0n) is 11.7. The zero-order valence-corrected chi connectivity index (χ0v) is 12.5. The fourth-order valence-corrected chi connectivity index (χ4v) is 2.17. The average Bonchev–Trinajstić information content (AvgIpc) is 2.40. The minimum Gasteiger partial charge on any atom is -0.385 e. The lowest BCUT2D eigenvalue weighted by atomic mass is 10.0. The number of hydrogen-bond donors (Lipinski definition) is 1. The zero-order chi connectivity index (χ0) is 14.1. The van der Waals surface area contributed by atoms with Crippen molar-refractivity contribution >= 4 is 11.6 Å². The molecule has 0 heterocycles. The van der Waals surface area contributed by atoms with E-state index in [-0.39, 0.29) is 10.8 Å². The summed E-state index contributed by atoms with van der Waals surface area (Å²) in [5.41, 5.74) is 0.980. The first-order valence-electron chi connectivity index (χ1n) is 6.83. The van der Waals surface area contributed by atoms with E-state index in [1.807, 2.05) is 6.07 Å². The molecule has 1 aromatic rings. The maximum atomic E-state index is 13.4. The summed E-state index contributed by atoms with van der Waals surface area (Å²) in [6, 6.07) is 5.40. The average molecular weight is 288 g/mol. The first-order chi connectivity index (χ1) is 9.17. The third kappa shape index (κ3) is 6.37. The van der Waals surface area contributed by atoms with Crippen LogP contribution in [0.25, 0.3) is 0 Å². The highest BCUT2D eigenvalue weighted by Gasteiger charge is 2.10. The van der Waals surface area contributed by atoms with Gasteiger partial charge in [-0.25, -0.2) is 4.39 Å². The highest BCUT2D eigenvalue weighted by molar-refractivity contribution is 6.30. The summed E-state index contributed by atoms with van der Waals surface area (Å²) in [6.45, 7) is 3.88. The molecule has 0 aromatic heterocycles. The molecule has 1 aromatic carbocycles. The van der Waals surface area contributed by atoms with Gasteiger partial charge in [-0.2, -0.15) is 0 Å². The molecule has 19 heavy (non-hydrogen) atoms. The Labute approximate surface area is 120 Å². The SMILES string of the molecule is CCCNC(CCCOC)Cc1ccc(Cl)c(F)c1. The number of nitrogens with one attached hydrogen (secondary N) is 1. The van der Waals surface area contributed by atoms with Gasteiger partial charge in [-0.05, 0) is 49.9 Å². The van der Waals surface area contributed by atoms with Gasteiger partial charge >= 0.3 is 0 Å². The van der Waals surface area contributed by atoms with Crippen molar-refractivity contribution in [1.82, 2.24) is 5.32 Å². The second-order valence-electron chi connectivity index (χ2n) is 4.74. The van der Waals surface area contributed by atoms with Gasteiger partial charge in [0.05, 0.1) is 5.02 Å². The number of rotatable bonds is 9. The summed E-state index contributed by atoms with van der Waals surface area (Å²) in [6.07, 6.45) is 3.94. The summed E-state index contributed by atoms with van der Waals surface area (Å²) in [7, 11) is 1.71. The van der Waals surface area contributed by atoms with Crippen molar-refractivity contribution in [2.24, 2.45) is 0 Å². The van der Waals surface area contributed by atoms with E-state index in [2.05, 4.69) is 12.2 Å². The van der Waals surface area contributed by atoms with Crippen LogP contribution in [0.4, 0.5) is 4.39 Å². The molecule has 108 valence electrons. The molecule has 4 heteroatoms. The van der Waals surface area contributed by atoms with Crippen molar-refractivity contribution in [3.8, 4) is 0 Å². The van der Waals surface area contributed by atoms with E-state index < -0.39 is 0 Å². The Hall–Kier alpha value is -0.640. The fourth-order valence-electron chi connectivity index (χ4n) is 2.05. The van der Waals surface area contributed by atoms with Crippen molar-refractivity contribution in [3.05, 3.63) is 34.6 Å². The number of methoxy groups -OCH3 is 1. The molecular formula is C15H23ClFNO. The van der Waals surface area contributed by atoms with Crippen molar-refractivity contribution in [2.45, 2.75) is 38.6 Å². The molecule has 0 saturated heterocycles. The van der Waals surface area contributed by atoms with Gasteiger partial charge in [-0.15, -0.1) is 0 Å². The van der Waals surface area contributed by atoms with E-state index >= 15 is 0 Å². The summed E-state index contributed by atoms with van der Waals surface area (Å²) < 4.78 is 18.5. The van der Waals surface area contributed by atoms with Crippen LogP contribution in [0.2, 0.25) is 5.02 Å². The first kappa shape index (κ1) is 16.4. The molecule has 0 fully saturated rings. The number of halogens is 2. The summed E-state index contributed by atoms with van der Waals surface area (Å²) >= 11 is 5.70. The molecule has 0 aliphatic heterocycles. The van der Waals surface area contributed by atoms with Crippen LogP contribution in [0.1, 0.15) is 31.7 Å². The van der Waals surface area contributed by atoms with E-state index in [0.29, 0.717) is 6.04 Å². The normalized spacial score (nSPS) is 12.6. The van der Waals surface area contributed by atoms with Crippen LogP contribution in [0.5, 0.6) is 0 Å². The maximum Gasteiger partial charge on any atom is 0.142 e. The molecular weight excluding hydrogens is 265 g/mol. The standard InChI is InChI=1S/C15H23ClFNO/c1-3-8-18-13(5-4-9-19-2)10-12-6-7-14(16)15(17)11-12/h6-7,11,13,18H,3-5,8-10H2,1-2H3. The number of ether oxygens (including phenoxy) is 1. The lowest BCUT2D eigenvalue weighted by Crippen LogP contribution is -2.32. The molecule has 1 N–H and O–H groups in total. The summed E-state index contributed by atoms with van der Waals surface area (Å²) in [4.78, 5) is 0. The van der Waals surface area contributed by atoms with Crippen molar-refractivity contribution in [3.63, 3.8) is 0 Å². The van der Waals surface area contributed by atoms with Crippen LogP contribution in [0.15, 0.2) is 18.2 Å². The van der Waals surface area contributed by atoms with Gasteiger partial charge in [-0.1, -0.05) is 24.6 Å². The van der Waals surface area contributed by atoms with E-state index in [1.54, 1.807) is 13.2 Å². The second-order valence-corrected chi connectivity index (χ2v) is 5.15. The van der Waals surface area contributed by atoms with Crippen LogP contribution >= 0.6 is 11.6 Å². The maximum absolute atomic E-state index is 13.4. The molecule has 0 bridgehead atoms. The Morgan fingerprint density at radius 1 is 1.42 bits per heavy atom. The Balaban J connectivity index is 2.56. The van der Waals surface area contributed by atoms with E-state index in [0.717, 1.165) is 44.4 Å². The predicted octanol–water partition coefficient (Wildman–Crippen LogP) is 3.82. The molecule has 0 spiro atoms. The predicted molar refractivity (Wildman–Crippen MR) is 78.3 cm³/mol. The second kappa shape index (κ2) is 9.29. The molecule has 0 radical (unpaired) electrons. The highest BCUT2D eigenvalue weighted by atomic mass is 35.5. The van der Waals surface area contributed by atoms with Gasteiger partial charge in [0.25, 0.3) is 0 Å². The van der Waals surface area contributed by atoms with Crippen molar-refractivity contribution in [1.29, 1.82) is 0 Å². The lowest BCUT2D eigenvalue weighted by molar-refractivity contribution is 0.188. The minimum absolute atomic E-state index is 0.182. The highest BCUT2D eigenvalue weighted by Crippen LogP contribution is 2.17. The largest absolute Gasteiger partial charge is 0.385 e. The smallest absolute Gasteiger partial charge is 0.142 e. The van der Waals surface area contributed by atoms with Gasteiger partial charge in [0.15, 0.2) is 0 Å². The molecule has 1 atom stereocenters. The minimum atomic E-state index is -0.342. The van der Waals surface area contributed by atoms with Gasteiger partial charge in [0.2, 0.25) is 0 Å². The van der Waals surface area contributed by atoms with Crippen LogP contribution in [0, 0.1) is 5.82 Å². The quantitative estimate of drug-likeness (QED) is 0.697. The fraction of sp³-hybridized carbons (Fsp3) is 0.600. The molecule has 1 rings (SSSR count).